The van der Waals surface area contributed by atoms with Crippen LogP contribution >= 0.6 is 0 Å². The van der Waals surface area contributed by atoms with Crippen molar-refractivity contribution in [2.45, 2.75) is 132 Å². The largest absolute Gasteiger partial charge is 0.336 e. The van der Waals surface area contributed by atoms with E-state index in [4.69, 9.17) is 0 Å². The van der Waals surface area contributed by atoms with Crippen LogP contribution in [0, 0.1) is 53.3 Å². The number of anilines is 15. The first kappa shape index (κ1) is 74.5. The lowest BCUT2D eigenvalue weighted by atomic mass is 9.32. The second-order valence-electron chi connectivity index (χ2n) is 43.1. The van der Waals surface area contributed by atoms with Gasteiger partial charge in [-0.3, -0.25) is 0 Å². The predicted octanol–water partition coefficient (Wildman–Crippen LogP) is 19.8. The number of benzene rings is 15. The number of para-hydroxylation sites is 4. The second kappa shape index (κ2) is 27.4. The van der Waals surface area contributed by atoms with Crippen molar-refractivity contribution in [1.82, 2.24) is 0 Å². The molecular weight excluding hydrogens is 1600 g/mol. The summed E-state index contributed by atoms with van der Waals surface area (Å²) in [5.74, 6) is 6.68. The summed E-state index contributed by atoms with van der Waals surface area (Å²) in [6.45, 7) is 0.0550. The third kappa shape index (κ3) is 10.2. The average Bonchev–Trinajstić information content (AvgIpc) is 0.657. The Labute approximate surface area is 767 Å². The smallest absolute Gasteiger partial charge is 0.251 e. The molecule has 0 spiro atoms. The van der Waals surface area contributed by atoms with Crippen molar-refractivity contribution in [1.29, 1.82) is 0 Å². The number of nitrogens with zero attached hydrogens (tertiary/aromatic N) is 6. The highest BCUT2D eigenvalue weighted by Crippen LogP contribution is 2.66. The molecule has 628 valence electrons. The predicted molar refractivity (Wildman–Crippen MR) is 548 cm³/mol. The lowest BCUT2D eigenvalue weighted by Gasteiger charge is -2.65. The highest BCUT2D eigenvalue weighted by atomic mass is 28.3. The zero-order valence-corrected chi connectivity index (χ0v) is 75.8. The van der Waals surface area contributed by atoms with Gasteiger partial charge in [-0.15, -0.1) is 0 Å². The monoisotopic (exact) mass is 1710 g/mol. The second-order valence-corrected chi connectivity index (χ2v) is 50.6. The van der Waals surface area contributed by atoms with Gasteiger partial charge in [-0.25, -0.2) is 0 Å². The third-order valence-corrected chi connectivity index (χ3v) is 46.0. The molecule has 33 rings (SSSR count). The van der Waals surface area contributed by atoms with Gasteiger partial charge in [0.25, 0.3) is 13.4 Å². The first-order valence-electron chi connectivity index (χ1n) is 49.5. The Morgan fingerprint density at radius 3 is 0.854 bits per heavy atom. The van der Waals surface area contributed by atoms with E-state index in [1.54, 1.807) is 26.8 Å². The summed E-state index contributed by atoms with van der Waals surface area (Å²) >= 11 is 0. The standard InChI is InChI=1S/C120H104B2N6Si2/c1-8-30-89(31-9-1)123(90-32-10-2-11-33-90)94-65-104-112-105(66-94)126(118-69-78-54-79(70-118)56-80(55-78)71-118)103-49-27-53-111-117(103)121(112)114-100(125(104)92-36-14-4-15-37-92)46-24-50-108(114)130(111,98-43-20-7-21-44-98)99-45-23-29-88(64-99)87-28-22-38-93(63-87)124(91-34-12-3-13-35-91)95-67-106-113-107(68-95)128(120-75-84-60-85(76-120)62-86(61-84)77-120)102-48-26-52-110-116(102)122(113)115-101(127(106)119-72-81-57-82(73-119)59-83(58-81)74-119)47-25-51-109(115)129(110,96-39-16-5-17-40-96)97-41-18-6-19-42-97/h1-53,63-68,78-86H,54-62,69-77H2. The van der Waals surface area contributed by atoms with E-state index in [-0.39, 0.29) is 30.0 Å². The molecule has 12 aliphatic carbocycles. The topological polar surface area (TPSA) is 19.4 Å². The van der Waals surface area contributed by atoms with Gasteiger partial charge >= 0.3 is 0 Å². The molecule has 0 saturated heterocycles. The number of hydrogen-bond donors (Lipinski definition) is 0. The molecule has 0 radical (unpaired) electrons. The summed E-state index contributed by atoms with van der Waals surface area (Å²) in [7, 11) is -6.43. The Kier molecular flexibility index (Phi) is 15.7. The average molecular weight is 1710 g/mol. The number of hydrogen-bond acceptors (Lipinski definition) is 6. The van der Waals surface area contributed by atoms with Gasteiger partial charge in [-0.05, 0) is 363 Å². The van der Waals surface area contributed by atoms with Crippen LogP contribution in [0.25, 0.3) is 11.1 Å². The molecule has 12 bridgehead atoms. The van der Waals surface area contributed by atoms with Gasteiger partial charge in [-0.1, -0.05) is 249 Å². The molecule has 18 aliphatic rings. The summed E-state index contributed by atoms with van der Waals surface area (Å²) in [5.41, 5.74) is 31.3. The van der Waals surface area contributed by atoms with Crippen molar-refractivity contribution in [3.63, 3.8) is 0 Å². The Hall–Kier alpha value is -12.3. The minimum absolute atomic E-state index is 0.0172. The molecule has 10 heteroatoms. The SMILES string of the molecule is c1ccc(N(c2ccccc2)c2cc3c4c(c2)N(C25CC6CC(CC(C6)C2)C5)c2cccc5c2B4c2c(cccc2[Si]5(c2ccccc2)c2cccc(-c4cccc(N(c5ccccc5)c5cc6c7c(c5)N(C58CC9CC(CC(C9)C5)C8)c5cccc8c5B7c5c(cccc5[Si]8(c5ccccc5)c5ccccc5)N6C56CC7CC(CC(C7)C5)C6)c4)c2)N3c2ccccc2)cc1. The van der Waals surface area contributed by atoms with E-state index in [0.29, 0.717) is 0 Å². The minimum atomic E-state index is -3.39. The van der Waals surface area contributed by atoms with Crippen molar-refractivity contribution < 1.29 is 0 Å². The van der Waals surface area contributed by atoms with Crippen LogP contribution in [0.15, 0.2) is 358 Å². The molecule has 6 nitrogen and oxygen atoms in total. The van der Waals surface area contributed by atoms with Gasteiger partial charge in [0.1, 0.15) is 0 Å². The van der Waals surface area contributed by atoms with Gasteiger partial charge in [0.2, 0.25) is 0 Å². The van der Waals surface area contributed by atoms with Crippen LogP contribution in [0.5, 0.6) is 0 Å². The molecule has 0 amide bonds. The molecule has 6 aliphatic heterocycles. The summed E-state index contributed by atoms with van der Waals surface area (Å²) in [6, 6.07) is 144. The molecule has 1 atom stereocenters. The van der Waals surface area contributed by atoms with Crippen molar-refractivity contribution in [2.24, 2.45) is 53.3 Å². The van der Waals surface area contributed by atoms with E-state index in [1.165, 1.54) is 248 Å². The van der Waals surface area contributed by atoms with Crippen LogP contribution in [0.4, 0.5) is 85.3 Å². The maximum atomic E-state index is 3.17. The summed E-state index contributed by atoms with van der Waals surface area (Å²) < 4.78 is 0. The van der Waals surface area contributed by atoms with Crippen LogP contribution < -0.4 is 104 Å². The Bertz CT molecular complexity index is 6880. The molecule has 0 N–H and O–H groups in total. The maximum Gasteiger partial charge on any atom is 0.251 e. The summed E-state index contributed by atoms with van der Waals surface area (Å²) in [5, 5.41) is 12.1. The van der Waals surface area contributed by atoms with E-state index in [2.05, 4.69) is 387 Å². The fourth-order valence-electron chi connectivity index (χ4n) is 33.4. The molecule has 12 saturated carbocycles. The molecule has 130 heavy (non-hydrogen) atoms. The molecule has 1 unspecified atom stereocenters. The van der Waals surface area contributed by atoms with Crippen LogP contribution in [0.3, 0.4) is 0 Å². The Morgan fingerprint density at radius 1 is 0.215 bits per heavy atom. The number of rotatable bonds is 15. The van der Waals surface area contributed by atoms with Crippen LogP contribution in [0.1, 0.15) is 116 Å². The van der Waals surface area contributed by atoms with Crippen molar-refractivity contribution in [3.8, 4) is 11.1 Å². The zero-order valence-electron chi connectivity index (χ0n) is 73.8. The normalized spacial score (nSPS) is 27.3. The summed E-state index contributed by atoms with van der Waals surface area (Å²) in [4.78, 5) is 17.4. The van der Waals surface area contributed by atoms with Crippen molar-refractivity contribution in [2.75, 3.05) is 29.4 Å². The minimum Gasteiger partial charge on any atom is -0.336 e. The lowest BCUT2D eigenvalue weighted by molar-refractivity contribution is 0.000251. The van der Waals surface area contributed by atoms with Crippen LogP contribution in [0.2, 0.25) is 0 Å². The molecule has 15 aromatic carbocycles. The van der Waals surface area contributed by atoms with E-state index in [9.17, 15) is 0 Å². The van der Waals surface area contributed by atoms with Crippen LogP contribution in [-0.2, 0) is 0 Å². The van der Waals surface area contributed by atoms with Crippen molar-refractivity contribution >= 4 is 189 Å². The van der Waals surface area contributed by atoms with Crippen LogP contribution in [-0.4, -0.2) is 46.2 Å². The molecule has 15 aromatic rings. The quantitative estimate of drug-likeness (QED) is 0.0946. The fraction of sp³-hybridized carbons (Fsp3) is 0.250. The maximum absolute atomic E-state index is 3.39. The molecule has 6 heterocycles. The van der Waals surface area contributed by atoms with Gasteiger partial charge < -0.3 is 29.4 Å². The van der Waals surface area contributed by atoms with E-state index in [1.807, 2.05) is 0 Å². The van der Waals surface area contributed by atoms with E-state index < -0.39 is 16.1 Å². The van der Waals surface area contributed by atoms with Gasteiger partial charge in [0.15, 0.2) is 16.1 Å². The van der Waals surface area contributed by atoms with Gasteiger partial charge in [-0.2, -0.15) is 0 Å². The highest BCUT2D eigenvalue weighted by molar-refractivity contribution is 7.28. The van der Waals surface area contributed by atoms with Crippen molar-refractivity contribution in [3.05, 3.63) is 358 Å². The summed E-state index contributed by atoms with van der Waals surface area (Å²) in [6.07, 6.45) is 23.7. The molecule has 0 aromatic heterocycles. The van der Waals surface area contributed by atoms with Gasteiger partial charge in [0, 0.05) is 90.6 Å². The Balaban J connectivity index is 0.637. The lowest BCUT2D eigenvalue weighted by Crippen LogP contribution is -2.88. The first-order valence-corrected chi connectivity index (χ1v) is 53.5. The molecule has 12 fully saturated rings. The Morgan fingerprint density at radius 2 is 0.485 bits per heavy atom. The van der Waals surface area contributed by atoms with E-state index >= 15 is 0 Å². The highest BCUT2D eigenvalue weighted by Gasteiger charge is 2.66. The molecular formula is C120H104B2N6Si2. The van der Waals surface area contributed by atoms with Gasteiger partial charge in [0.05, 0.1) is 11.4 Å². The third-order valence-electron chi connectivity index (χ3n) is 36.2. The fourth-order valence-corrected chi connectivity index (χ4v) is 44.0. The van der Waals surface area contributed by atoms with E-state index in [0.717, 1.165) is 64.6 Å². The zero-order chi connectivity index (χ0) is 84.7. The first-order chi connectivity index (χ1) is 64.2.